The average molecular weight is 262 g/mol. The maximum absolute atomic E-state index is 3.59. The molecule has 1 saturated heterocycles. The molecule has 0 radical (unpaired) electrons. The van der Waals surface area contributed by atoms with Gasteiger partial charge < -0.3 is 4.90 Å². The largest absolute Gasteiger partial charge is 0.303 e. The minimum atomic E-state index is 0.926. The Hall–Kier alpha value is 0.440. The molecule has 1 fully saturated rings. The van der Waals surface area contributed by atoms with Gasteiger partial charge in [0.05, 0.1) is 0 Å². The number of hydrogen-bond acceptors (Lipinski definition) is 1. The number of alkyl halides is 1. The second kappa shape index (κ2) is 6.84. The summed E-state index contributed by atoms with van der Waals surface area (Å²) in [6, 6.07) is 0. The number of piperidine rings is 1. The molecule has 0 unspecified atom stereocenters. The lowest BCUT2D eigenvalue weighted by Gasteiger charge is -2.33. The van der Waals surface area contributed by atoms with E-state index in [9.17, 15) is 0 Å². The molecule has 0 aliphatic carbocycles. The van der Waals surface area contributed by atoms with E-state index in [1.165, 1.54) is 50.6 Å². The van der Waals surface area contributed by atoms with Crippen molar-refractivity contribution in [1.82, 2.24) is 4.90 Å². The number of halogens is 1. The quantitative estimate of drug-likeness (QED) is 0.685. The van der Waals surface area contributed by atoms with E-state index in [1.54, 1.807) is 0 Å². The third kappa shape index (κ3) is 3.90. The maximum atomic E-state index is 3.59. The van der Waals surface area contributed by atoms with Gasteiger partial charge in [-0.05, 0) is 37.8 Å². The highest BCUT2D eigenvalue weighted by molar-refractivity contribution is 9.09. The highest BCUT2D eigenvalue weighted by Gasteiger charge is 2.19. The summed E-state index contributed by atoms with van der Waals surface area (Å²) in [5, 5.41) is 1.20. The van der Waals surface area contributed by atoms with Gasteiger partial charge in [-0.2, -0.15) is 0 Å². The monoisotopic (exact) mass is 261 g/mol. The first-order valence-electron chi connectivity index (χ1n) is 6.08. The molecule has 0 aromatic heterocycles. The van der Waals surface area contributed by atoms with Crippen LogP contribution in [0.4, 0.5) is 0 Å². The van der Waals surface area contributed by atoms with Crippen LogP contribution in [0.5, 0.6) is 0 Å². The fourth-order valence-electron chi connectivity index (χ4n) is 2.24. The second-order valence-corrected chi connectivity index (χ2v) is 5.23. The van der Waals surface area contributed by atoms with Gasteiger partial charge in [0.25, 0.3) is 0 Å². The zero-order valence-corrected chi connectivity index (χ0v) is 11.2. The third-order valence-electron chi connectivity index (χ3n) is 3.60. The Labute approximate surface area is 97.4 Å². The smallest absolute Gasteiger partial charge is 0.00606 e. The Morgan fingerprint density at radius 2 is 1.79 bits per heavy atom. The van der Waals surface area contributed by atoms with Crippen LogP contribution in [0, 0.1) is 11.8 Å². The van der Waals surface area contributed by atoms with Crippen molar-refractivity contribution in [1.29, 1.82) is 0 Å². The molecule has 0 amide bonds. The van der Waals surface area contributed by atoms with E-state index >= 15 is 0 Å². The molecule has 1 nitrogen and oxygen atoms in total. The molecule has 0 aromatic rings. The van der Waals surface area contributed by atoms with Crippen LogP contribution >= 0.6 is 15.9 Å². The van der Waals surface area contributed by atoms with Gasteiger partial charge in [0, 0.05) is 11.9 Å². The van der Waals surface area contributed by atoms with Gasteiger partial charge in [0.1, 0.15) is 0 Å². The molecular weight excluding hydrogens is 238 g/mol. The molecule has 0 bridgehead atoms. The highest BCUT2D eigenvalue weighted by atomic mass is 79.9. The molecule has 1 rings (SSSR count). The second-order valence-electron chi connectivity index (χ2n) is 4.58. The average Bonchev–Trinajstić information content (AvgIpc) is 2.26. The summed E-state index contributed by atoms with van der Waals surface area (Å²) >= 11 is 3.59. The number of hydrogen-bond donors (Lipinski definition) is 0. The summed E-state index contributed by atoms with van der Waals surface area (Å²) in [4.78, 5) is 2.66. The molecule has 14 heavy (non-hydrogen) atoms. The number of nitrogens with zero attached hydrogens (tertiary/aromatic N) is 1. The first-order valence-corrected chi connectivity index (χ1v) is 7.20. The SMILES string of the molecule is CCC(CC)CN1CCC(CBr)CC1. The van der Waals surface area contributed by atoms with Crippen LogP contribution in [0.3, 0.4) is 0 Å². The Morgan fingerprint density at radius 1 is 1.21 bits per heavy atom. The molecule has 0 spiro atoms. The van der Waals surface area contributed by atoms with Crippen molar-refractivity contribution < 1.29 is 0 Å². The van der Waals surface area contributed by atoms with Crippen LogP contribution in [0.15, 0.2) is 0 Å². The van der Waals surface area contributed by atoms with Crippen molar-refractivity contribution in [3.05, 3.63) is 0 Å². The van der Waals surface area contributed by atoms with E-state index in [0.29, 0.717) is 0 Å². The van der Waals surface area contributed by atoms with Crippen molar-refractivity contribution in [3.8, 4) is 0 Å². The molecule has 1 heterocycles. The first-order chi connectivity index (χ1) is 6.80. The molecule has 1 aliphatic rings. The molecule has 1 aliphatic heterocycles. The molecule has 0 aromatic carbocycles. The van der Waals surface area contributed by atoms with E-state index in [0.717, 1.165) is 11.8 Å². The fourth-order valence-corrected chi connectivity index (χ4v) is 2.88. The molecule has 0 saturated carbocycles. The highest BCUT2D eigenvalue weighted by Crippen LogP contribution is 2.20. The lowest BCUT2D eigenvalue weighted by molar-refractivity contribution is 0.165. The summed E-state index contributed by atoms with van der Waals surface area (Å²) in [6.45, 7) is 8.63. The maximum Gasteiger partial charge on any atom is 0.00606 e. The van der Waals surface area contributed by atoms with Crippen molar-refractivity contribution in [2.75, 3.05) is 25.0 Å². The summed E-state index contributed by atoms with van der Waals surface area (Å²) in [6.07, 6.45) is 5.47. The molecule has 84 valence electrons. The van der Waals surface area contributed by atoms with Crippen LogP contribution in [-0.4, -0.2) is 29.9 Å². The Morgan fingerprint density at radius 3 is 2.21 bits per heavy atom. The van der Waals surface area contributed by atoms with Gasteiger partial charge in [-0.25, -0.2) is 0 Å². The summed E-state index contributed by atoms with van der Waals surface area (Å²) in [5.41, 5.74) is 0. The van der Waals surface area contributed by atoms with Gasteiger partial charge in [-0.1, -0.05) is 42.6 Å². The molecule has 2 heteroatoms. The summed E-state index contributed by atoms with van der Waals surface area (Å²) < 4.78 is 0. The number of rotatable bonds is 5. The predicted molar refractivity (Wildman–Crippen MR) is 67.0 cm³/mol. The van der Waals surface area contributed by atoms with Crippen LogP contribution in [0.1, 0.15) is 39.5 Å². The van der Waals surface area contributed by atoms with Crippen molar-refractivity contribution in [2.45, 2.75) is 39.5 Å². The van der Waals surface area contributed by atoms with Crippen LogP contribution in [0.25, 0.3) is 0 Å². The summed E-state index contributed by atoms with van der Waals surface area (Å²) in [7, 11) is 0. The minimum Gasteiger partial charge on any atom is -0.303 e. The van der Waals surface area contributed by atoms with E-state index in [-0.39, 0.29) is 0 Å². The molecule has 0 atom stereocenters. The van der Waals surface area contributed by atoms with Gasteiger partial charge in [0.15, 0.2) is 0 Å². The van der Waals surface area contributed by atoms with Gasteiger partial charge >= 0.3 is 0 Å². The predicted octanol–water partition coefficient (Wildman–Crippen LogP) is 3.53. The van der Waals surface area contributed by atoms with Gasteiger partial charge in [-0.15, -0.1) is 0 Å². The zero-order valence-electron chi connectivity index (χ0n) is 9.64. The molecule has 0 N–H and O–H groups in total. The molecular formula is C12H24BrN. The van der Waals surface area contributed by atoms with Gasteiger partial charge in [-0.3, -0.25) is 0 Å². The Bertz CT molecular complexity index is 137. The third-order valence-corrected chi connectivity index (χ3v) is 4.51. The van der Waals surface area contributed by atoms with Crippen LogP contribution in [0.2, 0.25) is 0 Å². The lowest BCUT2D eigenvalue weighted by atomic mass is 9.96. The van der Waals surface area contributed by atoms with Crippen molar-refractivity contribution >= 4 is 15.9 Å². The van der Waals surface area contributed by atoms with Crippen molar-refractivity contribution in [3.63, 3.8) is 0 Å². The Kier molecular flexibility index (Phi) is 6.11. The van der Waals surface area contributed by atoms with Crippen LogP contribution < -0.4 is 0 Å². The van der Waals surface area contributed by atoms with Gasteiger partial charge in [0.2, 0.25) is 0 Å². The van der Waals surface area contributed by atoms with E-state index < -0.39 is 0 Å². The lowest BCUT2D eigenvalue weighted by Crippen LogP contribution is -2.37. The fraction of sp³-hybridized carbons (Fsp3) is 1.00. The van der Waals surface area contributed by atoms with E-state index in [2.05, 4.69) is 34.7 Å². The van der Waals surface area contributed by atoms with Crippen molar-refractivity contribution in [2.24, 2.45) is 11.8 Å². The van der Waals surface area contributed by atoms with E-state index in [1.807, 2.05) is 0 Å². The Balaban J connectivity index is 2.21. The first kappa shape index (κ1) is 12.5. The topological polar surface area (TPSA) is 3.24 Å². The van der Waals surface area contributed by atoms with E-state index in [4.69, 9.17) is 0 Å². The standard InChI is InChI=1S/C12H24BrN/c1-3-11(4-2)10-14-7-5-12(9-13)6-8-14/h11-12H,3-10H2,1-2H3. The number of likely N-dealkylation sites (tertiary alicyclic amines) is 1. The normalized spacial score (nSPS) is 20.6. The zero-order chi connectivity index (χ0) is 10.4. The minimum absolute atomic E-state index is 0.926. The van der Waals surface area contributed by atoms with Crippen LogP contribution in [-0.2, 0) is 0 Å². The summed E-state index contributed by atoms with van der Waals surface area (Å²) in [5.74, 6) is 1.86.